The molecule has 0 unspecified atom stereocenters. The lowest BCUT2D eigenvalue weighted by Gasteiger charge is -2.17. The smallest absolute Gasteiger partial charge is 0.118 e. The van der Waals surface area contributed by atoms with Crippen LogP contribution in [0.3, 0.4) is 0 Å². The number of hydrogen-bond acceptors (Lipinski definition) is 3. The van der Waals surface area contributed by atoms with E-state index in [-0.39, 0.29) is 5.75 Å². The van der Waals surface area contributed by atoms with Crippen molar-refractivity contribution in [2.75, 3.05) is 7.11 Å². The van der Waals surface area contributed by atoms with E-state index in [1.54, 1.807) is 19.2 Å². The molecule has 1 N–H and O–H groups in total. The molecule has 0 radical (unpaired) electrons. The maximum Gasteiger partial charge on any atom is 0.118 e. The maximum absolute atomic E-state index is 9.68. The minimum absolute atomic E-state index is 0.240. The van der Waals surface area contributed by atoms with Gasteiger partial charge in [-0.1, -0.05) is 43.3 Å². The van der Waals surface area contributed by atoms with Gasteiger partial charge in [-0.3, -0.25) is 0 Å². The molecule has 0 bridgehead atoms. The van der Waals surface area contributed by atoms with Crippen LogP contribution in [0, 0.1) is 11.3 Å². The number of aromatic hydroxyl groups is 1. The van der Waals surface area contributed by atoms with E-state index < -0.39 is 0 Å². The zero-order valence-electron chi connectivity index (χ0n) is 15.4. The number of benzene rings is 3. The van der Waals surface area contributed by atoms with Crippen molar-refractivity contribution in [3.8, 4) is 17.6 Å². The molecular weight excluding hydrogens is 334 g/mol. The molecule has 27 heavy (non-hydrogen) atoms. The standard InChI is InChI=1S/C24H21NO2/c1-3-23(18-6-4-17(16-25)5-7-18)24(19-8-12-21(26)13-9-19)20-10-14-22(27-2)15-11-20/h4-15,26H,3H2,1-2H3/b24-23-. The Morgan fingerprint density at radius 2 is 1.37 bits per heavy atom. The summed E-state index contributed by atoms with van der Waals surface area (Å²) in [5.74, 6) is 1.05. The van der Waals surface area contributed by atoms with Gasteiger partial charge in [-0.2, -0.15) is 5.26 Å². The Balaban J connectivity index is 2.22. The van der Waals surface area contributed by atoms with E-state index in [9.17, 15) is 5.11 Å². The Kier molecular flexibility index (Phi) is 5.58. The molecule has 3 nitrogen and oxygen atoms in total. The monoisotopic (exact) mass is 355 g/mol. The van der Waals surface area contributed by atoms with Crippen molar-refractivity contribution in [1.82, 2.24) is 0 Å². The third kappa shape index (κ3) is 4.02. The van der Waals surface area contributed by atoms with E-state index in [1.165, 1.54) is 5.57 Å². The molecule has 0 saturated heterocycles. The number of rotatable bonds is 5. The molecule has 3 heteroatoms. The third-order valence-corrected chi connectivity index (χ3v) is 4.55. The van der Waals surface area contributed by atoms with E-state index in [1.807, 2.05) is 60.7 Å². The first-order chi connectivity index (χ1) is 13.2. The molecule has 0 spiro atoms. The number of nitriles is 1. The highest BCUT2D eigenvalue weighted by Gasteiger charge is 2.13. The van der Waals surface area contributed by atoms with Crippen LogP contribution in [0.2, 0.25) is 0 Å². The highest BCUT2D eigenvalue weighted by atomic mass is 16.5. The summed E-state index contributed by atoms with van der Waals surface area (Å²) in [6, 6.07) is 25.0. The Hall–Kier alpha value is -3.51. The predicted octanol–water partition coefficient (Wildman–Crippen LogP) is 5.64. The van der Waals surface area contributed by atoms with Crippen molar-refractivity contribution in [2.45, 2.75) is 13.3 Å². The Morgan fingerprint density at radius 3 is 1.85 bits per heavy atom. The van der Waals surface area contributed by atoms with Gasteiger partial charge in [0, 0.05) is 0 Å². The van der Waals surface area contributed by atoms with Gasteiger partial charge in [0.15, 0.2) is 0 Å². The fraction of sp³-hybridized carbons (Fsp3) is 0.125. The van der Waals surface area contributed by atoms with Gasteiger partial charge < -0.3 is 9.84 Å². The summed E-state index contributed by atoms with van der Waals surface area (Å²) in [5, 5.41) is 18.8. The van der Waals surface area contributed by atoms with Crippen LogP contribution in [0.1, 0.15) is 35.6 Å². The minimum Gasteiger partial charge on any atom is -0.508 e. The molecule has 0 aromatic heterocycles. The van der Waals surface area contributed by atoms with Gasteiger partial charge in [0.05, 0.1) is 18.7 Å². The first kappa shape index (κ1) is 18.3. The largest absolute Gasteiger partial charge is 0.508 e. The van der Waals surface area contributed by atoms with Gasteiger partial charge in [0.2, 0.25) is 0 Å². The van der Waals surface area contributed by atoms with E-state index in [0.29, 0.717) is 5.56 Å². The Labute approximate surface area is 159 Å². The van der Waals surface area contributed by atoms with Crippen molar-refractivity contribution in [3.63, 3.8) is 0 Å². The van der Waals surface area contributed by atoms with Gasteiger partial charge >= 0.3 is 0 Å². The average molecular weight is 355 g/mol. The van der Waals surface area contributed by atoms with Crippen LogP contribution in [0.15, 0.2) is 72.8 Å². The third-order valence-electron chi connectivity index (χ3n) is 4.55. The van der Waals surface area contributed by atoms with Crippen LogP contribution in [0.5, 0.6) is 11.5 Å². The molecule has 3 aromatic rings. The van der Waals surface area contributed by atoms with E-state index in [0.717, 1.165) is 34.4 Å². The first-order valence-electron chi connectivity index (χ1n) is 8.83. The number of ether oxygens (including phenoxy) is 1. The second-order valence-corrected chi connectivity index (χ2v) is 6.17. The Morgan fingerprint density at radius 1 is 0.852 bits per heavy atom. The number of phenols is 1. The van der Waals surface area contributed by atoms with Crippen molar-refractivity contribution in [1.29, 1.82) is 5.26 Å². The summed E-state index contributed by atoms with van der Waals surface area (Å²) in [7, 11) is 1.65. The summed E-state index contributed by atoms with van der Waals surface area (Å²) in [6.45, 7) is 2.12. The van der Waals surface area contributed by atoms with Gasteiger partial charge in [-0.25, -0.2) is 0 Å². The lowest BCUT2D eigenvalue weighted by molar-refractivity contribution is 0.415. The summed E-state index contributed by atoms with van der Waals surface area (Å²) in [6.07, 6.45) is 0.828. The minimum atomic E-state index is 0.240. The van der Waals surface area contributed by atoms with Crippen molar-refractivity contribution >= 4 is 11.1 Å². The van der Waals surface area contributed by atoms with Crippen molar-refractivity contribution < 1.29 is 9.84 Å². The molecule has 0 amide bonds. The fourth-order valence-corrected chi connectivity index (χ4v) is 3.17. The summed E-state index contributed by atoms with van der Waals surface area (Å²) >= 11 is 0. The molecule has 0 heterocycles. The van der Waals surface area contributed by atoms with E-state index in [4.69, 9.17) is 10.00 Å². The summed E-state index contributed by atoms with van der Waals surface area (Å²) < 4.78 is 5.29. The first-order valence-corrected chi connectivity index (χ1v) is 8.83. The molecule has 0 fully saturated rings. The number of nitrogens with zero attached hydrogens (tertiary/aromatic N) is 1. The summed E-state index contributed by atoms with van der Waals surface area (Å²) in [4.78, 5) is 0. The molecular formula is C24H21NO2. The van der Waals surface area contributed by atoms with Crippen molar-refractivity contribution in [2.24, 2.45) is 0 Å². The van der Waals surface area contributed by atoms with Gasteiger partial charge in [-0.05, 0) is 70.7 Å². The van der Waals surface area contributed by atoms with Crippen LogP contribution in [0.25, 0.3) is 11.1 Å². The summed E-state index contributed by atoms with van der Waals surface area (Å²) in [5.41, 5.74) is 6.10. The SMILES string of the molecule is CC/C(=C(\c1ccc(O)cc1)c1ccc(OC)cc1)c1ccc(C#N)cc1. The number of methoxy groups -OCH3 is 1. The van der Waals surface area contributed by atoms with Crippen LogP contribution >= 0.6 is 0 Å². The zero-order valence-corrected chi connectivity index (χ0v) is 15.4. The molecule has 0 aliphatic heterocycles. The fourth-order valence-electron chi connectivity index (χ4n) is 3.17. The quantitative estimate of drug-likeness (QED) is 0.602. The van der Waals surface area contributed by atoms with E-state index >= 15 is 0 Å². The van der Waals surface area contributed by atoms with Crippen LogP contribution in [-0.2, 0) is 0 Å². The van der Waals surface area contributed by atoms with Crippen LogP contribution in [0.4, 0.5) is 0 Å². The maximum atomic E-state index is 9.68. The lowest BCUT2D eigenvalue weighted by atomic mass is 9.88. The molecule has 3 rings (SSSR count). The molecule has 134 valence electrons. The van der Waals surface area contributed by atoms with Gasteiger partial charge in [0.1, 0.15) is 11.5 Å². The van der Waals surface area contributed by atoms with Crippen LogP contribution in [-0.4, -0.2) is 12.2 Å². The highest BCUT2D eigenvalue weighted by molar-refractivity contribution is 5.98. The number of phenolic OH excluding ortho intramolecular Hbond substituents is 1. The van der Waals surface area contributed by atoms with Crippen LogP contribution < -0.4 is 4.74 Å². The van der Waals surface area contributed by atoms with E-state index in [2.05, 4.69) is 13.0 Å². The zero-order chi connectivity index (χ0) is 19.2. The molecule has 0 saturated carbocycles. The van der Waals surface area contributed by atoms with Gasteiger partial charge in [0.25, 0.3) is 0 Å². The number of hydrogen-bond donors (Lipinski definition) is 1. The Bertz CT molecular complexity index is 977. The predicted molar refractivity (Wildman–Crippen MR) is 108 cm³/mol. The molecule has 3 aromatic carbocycles. The topological polar surface area (TPSA) is 53.2 Å². The average Bonchev–Trinajstić information content (AvgIpc) is 2.73. The molecule has 0 aliphatic rings. The second-order valence-electron chi connectivity index (χ2n) is 6.17. The lowest BCUT2D eigenvalue weighted by Crippen LogP contribution is -1.95. The number of allylic oxidation sites excluding steroid dienone is 1. The highest BCUT2D eigenvalue weighted by Crippen LogP contribution is 2.35. The second kappa shape index (κ2) is 8.25. The molecule has 0 aliphatic carbocycles. The normalized spacial score (nSPS) is 11.4. The van der Waals surface area contributed by atoms with Gasteiger partial charge in [-0.15, -0.1) is 0 Å². The van der Waals surface area contributed by atoms with Crippen molar-refractivity contribution in [3.05, 3.63) is 95.1 Å². The molecule has 0 atom stereocenters.